The molecule has 0 aliphatic carbocycles. The van der Waals surface area contributed by atoms with E-state index in [0.717, 1.165) is 12.1 Å². The Morgan fingerprint density at radius 2 is 1.63 bits per heavy atom. The molecule has 27 heavy (non-hydrogen) atoms. The number of hydrogen-bond donors (Lipinski definition) is 1. The van der Waals surface area contributed by atoms with Crippen molar-refractivity contribution in [2.24, 2.45) is 0 Å². The molecule has 144 valence electrons. The molecular formula is C24H32N2O. The number of nitrogens with zero attached hydrogens (tertiary/aromatic N) is 1. The van der Waals surface area contributed by atoms with Crippen molar-refractivity contribution in [2.45, 2.75) is 58.5 Å². The van der Waals surface area contributed by atoms with Crippen LogP contribution in [0.3, 0.4) is 0 Å². The topological polar surface area (TPSA) is 32.3 Å². The molecule has 0 saturated carbocycles. The highest BCUT2D eigenvalue weighted by Crippen LogP contribution is 2.22. The number of likely N-dealkylation sites (tertiary alicyclic amines) is 1. The molecule has 0 bridgehead atoms. The zero-order chi connectivity index (χ0) is 19.3. The molecule has 1 amide bonds. The Labute approximate surface area is 163 Å². The van der Waals surface area contributed by atoms with Crippen LogP contribution in [0.5, 0.6) is 0 Å². The van der Waals surface area contributed by atoms with Crippen molar-refractivity contribution in [1.29, 1.82) is 0 Å². The van der Waals surface area contributed by atoms with Crippen molar-refractivity contribution >= 4 is 5.91 Å². The van der Waals surface area contributed by atoms with Gasteiger partial charge in [-0.1, -0.05) is 63.6 Å². The zero-order valence-corrected chi connectivity index (χ0v) is 16.9. The molecule has 1 saturated heterocycles. The quantitative estimate of drug-likeness (QED) is 0.818. The van der Waals surface area contributed by atoms with Gasteiger partial charge in [0.05, 0.1) is 0 Å². The first-order valence-corrected chi connectivity index (χ1v) is 10.1. The highest BCUT2D eigenvalue weighted by atomic mass is 16.1. The standard InChI is InChI=1S/C24H32N2O/c1-24(2,3)22-12-10-21(11-13-22)23(27)25-17-19-8-7-9-20(16-19)18-26-14-5-4-6-15-26/h7-13,16H,4-6,14-15,17-18H2,1-3H3,(H,25,27). The Morgan fingerprint density at radius 1 is 0.963 bits per heavy atom. The maximum atomic E-state index is 12.5. The van der Waals surface area contributed by atoms with Crippen molar-refractivity contribution in [3.8, 4) is 0 Å². The number of nitrogens with one attached hydrogen (secondary N) is 1. The maximum Gasteiger partial charge on any atom is 0.251 e. The van der Waals surface area contributed by atoms with Gasteiger partial charge >= 0.3 is 0 Å². The monoisotopic (exact) mass is 364 g/mol. The van der Waals surface area contributed by atoms with Crippen LogP contribution in [0.1, 0.15) is 67.1 Å². The van der Waals surface area contributed by atoms with Gasteiger partial charge in [0.2, 0.25) is 0 Å². The Kier molecular flexibility index (Phi) is 6.33. The van der Waals surface area contributed by atoms with Crippen molar-refractivity contribution < 1.29 is 4.79 Å². The zero-order valence-electron chi connectivity index (χ0n) is 16.9. The fraction of sp³-hybridized carbons (Fsp3) is 0.458. The van der Waals surface area contributed by atoms with E-state index in [1.54, 1.807) is 0 Å². The minimum atomic E-state index is -0.0168. The van der Waals surface area contributed by atoms with E-state index in [-0.39, 0.29) is 11.3 Å². The van der Waals surface area contributed by atoms with Crippen LogP contribution in [0.25, 0.3) is 0 Å². The fourth-order valence-corrected chi connectivity index (χ4v) is 3.62. The third-order valence-electron chi connectivity index (χ3n) is 5.31. The van der Waals surface area contributed by atoms with E-state index in [4.69, 9.17) is 0 Å². The van der Waals surface area contributed by atoms with Gasteiger partial charge in [-0.3, -0.25) is 9.69 Å². The third-order valence-corrected chi connectivity index (χ3v) is 5.31. The van der Waals surface area contributed by atoms with E-state index >= 15 is 0 Å². The van der Waals surface area contributed by atoms with Gasteiger partial charge in [0, 0.05) is 18.7 Å². The summed E-state index contributed by atoms with van der Waals surface area (Å²) in [5.41, 5.74) is 4.54. The van der Waals surface area contributed by atoms with Crippen molar-refractivity contribution in [1.82, 2.24) is 10.2 Å². The summed E-state index contributed by atoms with van der Waals surface area (Å²) in [5.74, 6) is -0.0168. The van der Waals surface area contributed by atoms with Crippen LogP contribution in [-0.2, 0) is 18.5 Å². The van der Waals surface area contributed by atoms with Crippen molar-refractivity contribution in [3.63, 3.8) is 0 Å². The molecule has 3 rings (SSSR count). The lowest BCUT2D eigenvalue weighted by atomic mass is 9.87. The van der Waals surface area contributed by atoms with Gasteiger partial charge in [0.1, 0.15) is 0 Å². The lowest BCUT2D eigenvalue weighted by molar-refractivity contribution is 0.0951. The first-order chi connectivity index (χ1) is 12.9. The van der Waals surface area contributed by atoms with Gasteiger partial charge < -0.3 is 5.32 Å². The van der Waals surface area contributed by atoms with E-state index in [1.807, 2.05) is 24.3 Å². The van der Waals surface area contributed by atoms with E-state index in [1.165, 1.54) is 43.5 Å². The molecule has 1 heterocycles. The van der Waals surface area contributed by atoms with Crippen LogP contribution in [0.4, 0.5) is 0 Å². The summed E-state index contributed by atoms with van der Waals surface area (Å²) in [6.45, 7) is 10.5. The molecule has 1 fully saturated rings. The lowest BCUT2D eigenvalue weighted by Crippen LogP contribution is -2.29. The molecule has 3 heteroatoms. The van der Waals surface area contributed by atoms with Gasteiger partial charge in [-0.05, 0) is 60.2 Å². The number of rotatable bonds is 5. The highest BCUT2D eigenvalue weighted by Gasteiger charge is 2.14. The number of piperidine rings is 1. The molecule has 1 aliphatic rings. The smallest absolute Gasteiger partial charge is 0.251 e. The van der Waals surface area contributed by atoms with Gasteiger partial charge in [0.15, 0.2) is 0 Å². The van der Waals surface area contributed by atoms with Crippen LogP contribution < -0.4 is 5.32 Å². The molecular weight excluding hydrogens is 332 g/mol. The summed E-state index contributed by atoms with van der Waals surface area (Å²) in [6.07, 6.45) is 3.98. The highest BCUT2D eigenvalue weighted by molar-refractivity contribution is 5.94. The second-order valence-corrected chi connectivity index (χ2v) is 8.67. The molecule has 2 aromatic rings. The molecule has 1 N–H and O–H groups in total. The first-order valence-electron chi connectivity index (χ1n) is 10.1. The summed E-state index contributed by atoms with van der Waals surface area (Å²) in [4.78, 5) is 15.0. The summed E-state index contributed by atoms with van der Waals surface area (Å²) in [7, 11) is 0. The lowest BCUT2D eigenvalue weighted by Gasteiger charge is -2.26. The second kappa shape index (κ2) is 8.71. The summed E-state index contributed by atoms with van der Waals surface area (Å²) in [5, 5.41) is 3.05. The number of amides is 1. The van der Waals surface area contributed by atoms with Gasteiger partial charge in [-0.15, -0.1) is 0 Å². The molecule has 0 unspecified atom stereocenters. The molecule has 0 atom stereocenters. The Hall–Kier alpha value is -2.13. The van der Waals surface area contributed by atoms with E-state index in [2.05, 4.69) is 55.3 Å². The van der Waals surface area contributed by atoms with E-state index in [9.17, 15) is 4.79 Å². The van der Waals surface area contributed by atoms with E-state index < -0.39 is 0 Å². The summed E-state index contributed by atoms with van der Waals surface area (Å²) in [6, 6.07) is 16.5. The minimum Gasteiger partial charge on any atom is -0.348 e. The van der Waals surface area contributed by atoms with Gasteiger partial charge in [-0.2, -0.15) is 0 Å². The van der Waals surface area contributed by atoms with Crippen LogP contribution in [0.2, 0.25) is 0 Å². The molecule has 2 aromatic carbocycles. The number of carbonyl (C=O) groups is 1. The average molecular weight is 365 g/mol. The number of hydrogen-bond acceptors (Lipinski definition) is 2. The van der Waals surface area contributed by atoms with Crippen LogP contribution in [0.15, 0.2) is 48.5 Å². The molecule has 0 spiro atoms. The number of benzene rings is 2. The maximum absolute atomic E-state index is 12.5. The van der Waals surface area contributed by atoms with Gasteiger partial charge in [0.25, 0.3) is 5.91 Å². The fourth-order valence-electron chi connectivity index (χ4n) is 3.62. The predicted molar refractivity (Wildman–Crippen MR) is 112 cm³/mol. The summed E-state index contributed by atoms with van der Waals surface area (Å²) < 4.78 is 0. The third kappa shape index (κ3) is 5.67. The van der Waals surface area contributed by atoms with Gasteiger partial charge in [-0.25, -0.2) is 0 Å². The number of carbonyl (C=O) groups excluding carboxylic acids is 1. The molecule has 1 aliphatic heterocycles. The Balaban J connectivity index is 1.56. The van der Waals surface area contributed by atoms with Crippen molar-refractivity contribution in [2.75, 3.05) is 13.1 Å². The van der Waals surface area contributed by atoms with Crippen LogP contribution in [0, 0.1) is 0 Å². The van der Waals surface area contributed by atoms with Crippen molar-refractivity contribution in [3.05, 3.63) is 70.8 Å². The second-order valence-electron chi connectivity index (χ2n) is 8.67. The Morgan fingerprint density at radius 3 is 2.30 bits per heavy atom. The minimum absolute atomic E-state index is 0.0168. The first kappa shape index (κ1) is 19.6. The SMILES string of the molecule is CC(C)(C)c1ccc(C(=O)NCc2cccc(CN3CCCCC3)c2)cc1. The molecule has 0 radical (unpaired) electrons. The normalized spacial score (nSPS) is 15.5. The van der Waals surface area contributed by atoms with Crippen LogP contribution in [-0.4, -0.2) is 23.9 Å². The molecule has 3 nitrogen and oxygen atoms in total. The molecule has 0 aromatic heterocycles. The van der Waals surface area contributed by atoms with Crippen LogP contribution >= 0.6 is 0 Å². The largest absolute Gasteiger partial charge is 0.348 e. The predicted octanol–water partition coefficient (Wildman–Crippen LogP) is 4.90. The van der Waals surface area contributed by atoms with E-state index in [0.29, 0.717) is 12.1 Å². The summed E-state index contributed by atoms with van der Waals surface area (Å²) >= 11 is 0. The Bertz CT molecular complexity index is 753. The average Bonchev–Trinajstić information content (AvgIpc) is 2.67.